The largest absolute Gasteiger partial charge is 0.480 e. The zero-order valence-electron chi connectivity index (χ0n) is 10.5. The van der Waals surface area contributed by atoms with Gasteiger partial charge in [-0.2, -0.15) is 0 Å². The van der Waals surface area contributed by atoms with E-state index in [0.29, 0.717) is 5.56 Å². The van der Waals surface area contributed by atoms with Crippen molar-refractivity contribution in [2.45, 2.75) is 0 Å². The Balaban J connectivity index is 2.35. The van der Waals surface area contributed by atoms with Gasteiger partial charge in [-0.05, 0) is 17.7 Å². The Labute approximate surface area is 129 Å². The highest BCUT2D eigenvalue weighted by Gasteiger charge is 2.33. The summed E-state index contributed by atoms with van der Waals surface area (Å²) in [5, 5.41) is 17.8. The first kappa shape index (κ1) is 15.2. The summed E-state index contributed by atoms with van der Waals surface area (Å²) in [6, 6.07) is 6.21. The Bertz CT molecular complexity index is 683. The van der Waals surface area contributed by atoms with Gasteiger partial charge in [-0.25, -0.2) is 4.79 Å². The second-order valence-electron chi connectivity index (χ2n) is 4.05. The van der Waals surface area contributed by atoms with E-state index in [9.17, 15) is 14.4 Å². The van der Waals surface area contributed by atoms with Crippen LogP contribution in [-0.2, 0) is 9.59 Å². The van der Waals surface area contributed by atoms with Gasteiger partial charge in [-0.15, -0.1) is 0 Å². The molecular formula is C13H9NO5S2. The molecule has 0 unspecified atom stereocenters. The average Bonchev–Trinajstić information content (AvgIpc) is 2.66. The SMILES string of the molecule is O=C(O)CN1C(=O)/C(=C/c2ccccc2C(=O)O)SC1=S. The molecule has 6 nitrogen and oxygen atoms in total. The van der Waals surface area contributed by atoms with E-state index >= 15 is 0 Å². The number of hydrogen-bond donors (Lipinski definition) is 2. The minimum atomic E-state index is -1.17. The number of nitrogens with zero attached hydrogens (tertiary/aromatic N) is 1. The highest BCUT2D eigenvalue weighted by Crippen LogP contribution is 2.32. The maximum atomic E-state index is 12.1. The summed E-state index contributed by atoms with van der Waals surface area (Å²) in [7, 11) is 0. The molecule has 1 aromatic carbocycles. The Morgan fingerprint density at radius 2 is 1.95 bits per heavy atom. The molecule has 108 valence electrons. The summed E-state index contributed by atoms with van der Waals surface area (Å²) in [6.07, 6.45) is 1.41. The van der Waals surface area contributed by atoms with Gasteiger partial charge in [0, 0.05) is 0 Å². The quantitative estimate of drug-likeness (QED) is 0.643. The average molecular weight is 323 g/mol. The molecule has 1 aliphatic rings. The van der Waals surface area contributed by atoms with Crippen LogP contribution in [0.5, 0.6) is 0 Å². The van der Waals surface area contributed by atoms with E-state index in [0.717, 1.165) is 16.7 Å². The van der Waals surface area contributed by atoms with Gasteiger partial charge >= 0.3 is 11.9 Å². The van der Waals surface area contributed by atoms with Gasteiger partial charge < -0.3 is 10.2 Å². The minimum Gasteiger partial charge on any atom is -0.480 e. The number of carbonyl (C=O) groups is 3. The highest BCUT2D eigenvalue weighted by atomic mass is 32.2. The zero-order chi connectivity index (χ0) is 15.6. The van der Waals surface area contributed by atoms with Crippen LogP contribution < -0.4 is 0 Å². The molecule has 1 heterocycles. The van der Waals surface area contributed by atoms with Crippen LogP contribution >= 0.6 is 24.0 Å². The van der Waals surface area contributed by atoms with Crippen LogP contribution in [0.4, 0.5) is 0 Å². The van der Waals surface area contributed by atoms with Gasteiger partial charge in [-0.3, -0.25) is 14.5 Å². The predicted molar refractivity (Wildman–Crippen MR) is 80.9 cm³/mol. The number of thioether (sulfide) groups is 1. The number of aliphatic carboxylic acids is 1. The first-order valence-electron chi connectivity index (χ1n) is 5.69. The lowest BCUT2D eigenvalue weighted by Gasteiger charge is -2.10. The van der Waals surface area contributed by atoms with Gasteiger partial charge in [0.1, 0.15) is 10.9 Å². The first-order valence-corrected chi connectivity index (χ1v) is 6.92. The maximum Gasteiger partial charge on any atom is 0.336 e. The number of benzene rings is 1. The summed E-state index contributed by atoms with van der Waals surface area (Å²) in [4.78, 5) is 35.1. The lowest BCUT2D eigenvalue weighted by Crippen LogP contribution is -2.33. The van der Waals surface area contributed by atoms with E-state index in [1.54, 1.807) is 18.2 Å². The summed E-state index contributed by atoms with van der Waals surface area (Å²) >= 11 is 5.91. The molecule has 1 amide bonds. The fraction of sp³-hybridized carbons (Fsp3) is 0.0769. The minimum absolute atomic E-state index is 0.0565. The van der Waals surface area contributed by atoms with Crippen molar-refractivity contribution in [3.63, 3.8) is 0 Å². The van der Waals surface area contributed by atoms with E-state index in [1.807, 2.05) is 0 Å². The van der Waals surface area contributed by atoms with E-state index < -0.39 is 24.4 Å². The predicted octanol–water partition coefficient (Wildman–Crippen LogP) is 1.67. The Hall–Kier alpha value is -2.19. The third-order valence-corrected chi connectivity index (χ3v) is 4.02. The summed E-state index contributed by atoms with van der Waals surface area (Å²) in [5.41, 5.74) is 0.418. The van der Waals surface area contributed by atoms with Crippen LogP contribution in [0.2, 0.25) is 0 Å². The Morgan fingerprint density at radius 1 is 1.29 bits per heavy atom. The molecule has 21 heavy (non-hydrogen) atoms. The molecule has 0 aromatic heterocycles. The number of amides is 1. The van der Waals surface area contributed by atoms with Crippen molar-refractivity contribution in [3.05, 3.63) is 40.3 Å². The lowest BCUT2D eigenvalue weighted by molar-refractivity contribution is -0.140. The number of carboxylic acids is 2. The molecule has 1 aliphatic heterocycles. The van der Waals surface area contributed by atoms with Gasteiger partial charge in [0.2, 0.25) is 0 Å². The molecule has 2 N–H and O–H groups in total. The maximum absolute atomic E-state index is 12.1. The number of aromatic carboxylic acids is 1. The van der Waals surface area contributed by atoms with Crippen LogP contribution in [0.25, 0.3) is 6.08 Å². The summed E-state index contributed by atoms with van der Waals surface area (Å²) < 4.78 is 0.140. The third kappa shape index (κ3) is 3.29. The molecule has 1 aromatic rings. The zero-order valence-corrected chi connectivity index (χ0v) is 12.1. The van der Waals surface area contributed by atoms with Crippen LogP contribution in [-0.4, -0.2) is 43.8 Å². The Morgan fingerprint density at radius 3 is 2.57 bits per heavy atom. The van der Waals surface area contributed by atoms with E-state index in [2.05, 4.69) is 0 Å². The second kappa shape index (κ2) is 6.06. The van der Waals surface area contributed by atoms with Crippen molar-refractivity contribution in [3.8, 4) is 0 Å². The molecule has 1 fully saturated rings. The highest BCUT2D eigenvalue weighted by molar-refractivity contribution is 8.26. The molecule has 8 heteroatoms. The standard InChI is InChI=1S/C13H9NO5S2/c15-10(16)6-14-11(17)9(21-13(14)20)5-7-3-1-2-4-8(7)12(18)19/h1-5H,6H2,(H,15,16)(H,18,19)/b9-5-. The van der Waals surface area contributed by atoms with Gasteiger partial charge in [0.05, 0.1) is 10.5 Å². The molecule has 0 radical (unpaired) electrons. The van der Waals surface area contributed by atoms with Crippen molar-refractivity contribution in [1.82, 2.24) is 4.90 Å². The summed E-state index contributed by atoms with van der Waals surface area (Å²) in [6.45, 7) is -0.511. The number of thiocarbonyl (C=S) groups is 1. The lowest BCUT2D eigenvalue weighted by atomic mass is 10.1. The third-order valence-electron chi connectivity index (χ3n) is 2.64. The van der Waals surface area contributed by atoms with E-state index in [1.165, 1.54) is 12.1 Å². The molecule has 0 bridgehead atoms. The van der Waals surface area contributed by atoms with Crippen molar-refractivity contribution >= 4 is 52.2 Å². The molecule has 0 aliphatic carbocycles. The molecule has 0 atom stereocenters. The van der Waals surface area contributed by atoms with Crippen LogP contribution in [0, 0.1) is 0 Å². The number of rotatable bonds is 4. The van der Waals surface area contributed by atoms with Crippen molar-refractivity contribution < 1.29 is 24.6 Å². The number of carboxylic acid groups (broad SMARTS) is 2. The van der Waals surface area contributed by atoms with Crippen LogP contribution in [0.3, 0.4) is 0 Å². The van der Waals surface area contributed by atoms with E-state index in [-0.39, 0.29) is 14.8 Å². The monoisotopic (exact) mass is 323 g/mol. The fourth-order valence-corrected chi connectivity index (χ4v) is 2.98. The van der Waals surface area contributed by atoms with Crippen molar-refractivity contribution in [2.24, 2.45) is 0 Å². The second-order valence-corrected chi connectivity index (χ2v) is 5.73. The molecule has 2 rings (SSSR count). The molecule has 0 spiro atoms. The molecular weight excluding hydrogens is 314 g/mol. The Kier molecular flexibility index (Phi) is 4.39. The van der Waals surface area contributed by atoms with E-state index in [4.69, 9.17) is 22.4 Å². The molecule has 0 saturated carbocycles. The van der Waals surface area contributed by atoms with Crippen LogP contribution in [0.1, 0.15) is 15.9 Å². The number of hydrogen-bond acceptors (Lipinski definition) is 5. The first-order chi connectivity index (χ1) is 9.90. The summed E-state index contributed by atoms with van der Waals surface area (Å²) in [5.74, 6) is -2.81. The van der Waals surface area contributed by atoms with Crippen molar-refractivity contribution in [2.75, 3.05) is 6.54 Å². The van der Waals surface area contributed by atoms with Gasteiger partial charge in [-0.1, -0.05) is 42.2 Å². The van der Waals surface area contributed by atoms with Gasteiger partial charge in [0.25, 0.3) is 5.91 Å². The van der Waals surface area contributed by atoms with Crippen molar-refractivity contribution in [1.29, 1.82) is 0 Å². The topological polar surface area (TPSA) is 94.9 Å². The molecule has 1 saturated heterocycles. The van der Waals surface area contributed by atoms with Crippen LogP contribution in [0.15, 0.2) is 29.2 Å². The number of carbonyl (C=O) groups excluding carboxylic acids is 1. The normalized spacial score (nSPS) is 16.6. The fourth-order valence-electron chi connectivity index (χ4n) is 1.73. The smallest absolute Gasteiger partial charge is 0.336 e. The van der Waals surface area contributed by atoms with Gasteiger partial charge in [0.15, 0.2) is 0 Å².